The average molecular weight is 335 g/mol. The molecule has 2 fully saturated rings. The van der Waals surface area contributed by atoms with Crippen LogP contribution in [0.2, 0.25) is 0 Å². The van der Waals surface area contributed by atoms with Gasteiger partial charge in [0, 0.05) is 35.8 Å². The van der Waals surface area contributed by atoms with Crippen LogP contribution in [0.3, 0.4) is 0 Å². The van der Waals surface area contributed by atoms with E-state index in [0.717, 1.165) is 35.8 Å². The highest BCUT2D eigenvalue weighted by Crippen LogP contribution is 2.29. The summed E-state index contributed by atoms with van der Waals surface area (Å²) < 4.78 is 3.31. The van der Waals surface area contributed by atoms with Gasteiger partial charge in [0.1, 0.15) is 5.65 Å². The minimum absolute atomic E-state index is 0.695. The number of nitrogens with one attached hydrogen (secondary N) is 1. The summed E-state index contributed by atoms with van der Waals surface area (Å²) in [6, 6.07) is 5.55. The molecule has 0 amide bonds. The minimum atomic E-state index is 0.695. The molecule has 2 aliphatic heterocycles. The van der Waals surface area contributed by atoms with E-state index in [1.54, 1.807) is 0 Å². The van der Waals surface area contributed by atoms with Crippen LogP contribution in [0.5, 0.6) is 0 Å². The van der Waals surface area contributed by atoms with Crippen LogP contribution in [0, 0.1) is 0 Å². The second kappa shape index (κ2) is 5.13. The molecule has 5 heteroatoms. The van der Waals surface area contributed by atoms with Crippen LogP contribution < -0.4 is 5.32 Å². The van der Waals surface area contributed by atoms with Gasteiger partial charge in [-0.3, -0.25) is 4.90 Å². The van der Waals surface area contributed by atoms with Crippen LogP contribution in [-0.4, -0.2) is 39.5 Å². The molecule has 4 rings (SSSR count). The molecule has 4 nitrogen and oxygen atoms in total. The first-order valence-electron chi connectivity index (χ1n) is 7.39. The Morgan fingerprint density at radius 3 is 3.10 bits per heavy atom. The number of pyridine rings is 1. The molecule has 2 saturated heterocycles. The number of nitrogens with zero attached hydrogens (tertiary/aromatic N) is 3. The summed E-state index contributed by atoms with van der Waals surface area (Å²) in [6.45, 7) is 3.31. The number of hydrogen-bond acceptors (Lipinski definition) is 3. The van der Waals surface area contributed by atoms with Crippen LogP contribution in [0.1, 0.15) is 25.0 Å². The van der Waals surface area contributed by atoms with Gasteiger partial charge in [-0.05, 0) is 53.9 Å². The molecule has 2 bridgehead atoms. The van der Waals surface area contributed by atoms with Gasteiger partial charge in [0.05, 0.1) is 11.9 Å². The molecule has 2 aliphatic rings. The summed E-state index contributed by atoms with van der Waals surface area (Å²) in [5, 5.41) is 3.56. The summed E-state index contributed by atoms with van der Waals surface area (Å²) in [5.74, 6) is 0. The van der Waals surface area contributed by atoms with Crippen LogP contribution in [-0.2, 0) is 6.54 Å². The predicted molar refractivity (Wildman–Crippen MR) is 82.7 cm³/mol. The molecule has 1 N–H and O–H groups in total. The maximum absolute atomic E-state index is 4.52. The number of rotatable bonds is 2. The number of halogens is 1. The number of aromatic nitrogens is 2. The van der Waals surface area contributed by atoms with Crippen molar-refractivity contribution in [2.24, 2.45) is 0 Å². The zero-order valence-corrected chi connectivity index (χ0v) is 13.0. The van der Waals surface area contributed by atoms with E-state index in [1.165, 1.54) is 25.0 Å². The minimum Gasteiger partial charge on any atom is -0.315 e. The van der Waals surface area contributed by atoms with E-state index in [9.17, 15) is 0 Å². The third-order valence-corrected chi connectivity index (χ3v) is 5.17. The standard InChI is InChI=1S/C15H19BrN4/c16-11-1-4-15-18-8-14(20(15)9-11)10-19-12-2-3-13(19)7-17-6-5-12/h1,4,8-9,12-13,17H,2-3,5-7,10H2/t12-,13-/m1/s1. The largest absolute Gasteiger partial charge is 0.315 e. The van der Waals surface area contributed by atoms with Crippen molar-refractivity contribution in [3.8, 4) is 0 Å². The maximum Gasteiger partial charge on any atom is 0.136 e. The smallest absolute Gasteiger partial charge is 0.136 e. The van der Waals surface area contributed by atoms with Gasteiger partial charge in [-0.1, -0.05) is 0 Å². The normalized spacial score (nSPS) is 27.1. The van der Waals surface area contributed by atoms with E-state index in [2.05, 4.69) is 47.8 Å². The van der Waals surface area contributed by atoms with Gasteiger partial charge in [0.25, 0.3) is 0 Å². The van der Waals surface area contributed by atoms with Gasteiger partial charge in [-0.25, -0.2) is 4.98 Å². The Hall–Kier alpha value is -0.910. The Labute approximate surface area is 127 Å². The van der Waals surface area contributed by atoms with Crippen molar-refractivity contribution in [1.82, 2.24) is 19.6 Å². The van der Waals surface area contributed by atoms with Gasteiger partial charge in [-0.15, -0.1) is 0 Å². The van der Waals surface area contributed by atoms with Gasteiger partial charge in [-0.2, -0.15) is 0 Å². The van der Waals surface area contributed by atoms with Gasteiger partial charge in [0.15, 0.2) is 0 Å². The topological polar surface area (TPSA) is 32.6 Å². The molecule has 0 aliphatic carbocycles. The number of imidazole rings is 1. The highest BCUT2D eigenvalue weighted by molar-refractivity contribution is 9.10. The monoisotopic (exact) mass is 334 g/mol. The van der Waals surface area contributed by atoms with E-state index in [1.807, 2.05) is 12.3 Å². The van der Waals surface area contributed by atoms with Crippen molar-refractivity contribution in [2.45, 2.75) is 37.9 Å². The average Bonchev–Trinajstić information content (AvgIpc) is 2.91. The summed E-state index contributed by atoms with van der Waals surface area (Å²) in [6.07, 6.45) is 8.11. The zero-order chi connectivity index (χ0) is 13.5. The zero-order valence-electron chi connectivity index (χ0n) is 11.4. The highest BCUT2D eigenvalue weighted by Gasteiger charge is 2.34. The van der Waals surface area contributed by atoms with Crippen LogP contribution in [0.15, 0.2) is 29.0 Å². The van der Waals surface area contributed by atoms with Crippen molar-refractivity contribution in [3.63, 3.8) is 0 Å². The lowest BCUT2D eigenvalue weighted by atomic mass is 10.1. The molecule has 2 aromatic rings. The quantitative estimate of drug-likeness (QED) is 0.915. The summed E-state index contributed by atoms with van der Waals surface area (Å²) in [5.41, 5.74) is 2.32. The molecular formula is C15H19BrN4. The second-order valence-electron chi connectivity index (χ2n) is 5.88. The molecule has 0 radical (unpaired) electrons. The molecule has 0 saturated carbocycles. The lowest BCUT2D eigenvalue weighted by Crippen LogP contribution is -2.37. The van der Waals surface area contributed by atoms with Gasteiger partial charge >= 0.3 is 0 Å². The summed E-state index contributed by atoms with van der Waals surface area (Å²) in [4.78, 5) is 7.20. The number of hydrogen-bond donors (Lipinski definition) is 1. The fourth-order valence-corrected chi connectivity index (χ4v) is 3.99. The summed E-state index contributed by atoms with van der Waals surface area (Å²) >= 11 is 3.55. The summed E-state index contributed by atoms with van der Waals surface area (Å²) in [7, 11) is 0. The van der Waals surface area contributed by atoms with Crippen molar-refractivity contribution in [3.05, 3.63) is 34.7 Å². The highest BCUT2D eigenvalue weighted by atomic mass is 79.9. The van der Waals surface area contributed by atoms with E-state index >= 15 is 0 Å². The third kappa shape index (κ3) is 2.18. The van der Waals surface area contributed by atoms with Crippen LogP contribution in [0.4, 0.5) is 0 Å². The maximum atomic E-state index is 4.52. The lowest BCUT2D eigenvalue weighted by molar-refractivity contribution is 0.190. The molecule has 0 spiro atoms. The Bertz CT molecular complexity index is 609. The molecule has 0 aromatic carbocycles. The van der Waals surface area contributed by atoms with Crippen molar-refractivity contribution >= 4 is 21.6 Å². The Balaban J connectivity index is 1.65. The Morgan fingerprint density at radius 1 is 1.25 bits per heavy atom. The fraction of sp³-hybridized carbons (Fsp3) is 0.533. The molecule has 20 heavy (non-hydrogen) atoms. The van der Waals surface area contributed by atoms with Crippen molar-refractivity contribution in [2.75, 3.05) is 13.1 Å². The van der Waals surface area contributed by atoms with Crippen molar-refractivity contribution in [1.29, 1.82) is 0 Å². The second-order valence-corrected chi connectivity index (χ2v) is 6.79. The first kappa shape index (κ1) is 12.8. The third-order valence-electron chi connectivity index (χ3n) is 4.70. The van der Waals surface area contributed by atoms with Gasteiger partial charge in [0.2, 0.25) is 0 Å². The molecule has 0 unspecified atom stereocenters. The van der Waals surface area contributed by atoms with E-state index < -0.39 is 0 Å². The lowest BCUT2D eigenvalue weighted by Gasteiger charge is -2.27. The van der Waals surface area contributed by atoms with Gasteiger partial charge < -0.3 is 9.72 Å². The predicted octanol–water partition coefficient (Wildman–Crippen LogP) is 2.42. The number of fused-ring (bicyclic) bond motifs is 3. The van der Waals surface area contributed by atoms with Crippen LogP contribution in [0.25, 0.3) is 5.65 Å². The molecule has 4 heterocycles. The van der Waals surface area contributed by atoms with Crippen molar-refractivity contribution < 1.29 is 0 Å². The van der Waals surface area contributed by atoms with E-state index in [0.29, 0.717) is 6.04 Å². The SMILES string of the molecule is Brc1ccc2ncc(CN3[C@H]4CCNC[C@H]3CC4)n2c1. The molecule has 106 valence electrons. The molecule has 2 atom stereocenters. The molecule has 2 aromatic heterocycles. The Kier molecular flexibility index (Phi) is 3.28. The molecular weight excluding hydrogens is 316 g/mol. The first-order chi connectivity index (χ1) is 9.81. The van der Waals surface area contributed by atoms with E-state index in [4.69, 9.17) is 0 Å². The van der Waals surface area contributed by atoms with Crippen LogP contribution >= 0.6 is 15.9 Å². The fourth-order valence-electron chi connectivity index (χ4n) is 3.65. The first-order valence-corrected chi connectivity index (χ1v) is 8.18. The Morgan fingerprint density at radius 2 is 2.15 bits per heavy atom. The van der Waals surface area contributed by atoms with E-state index in [-0.39, 0.29) is 0 Å².